The third-order valence-electron chi connectivity index (χ3n) is 2.65. The Bertz CT molecular complexity index is 750. The van der Waals surface area contributed by atoms with Gasteiger partial charge >= 0.3 is 11.8 Å². The summed E-state index contributed by atoms with van der Waals surface area (Å²) in [6.45, 7) is -1.40. The van der Waals surface area contributed by atoms with E-state index in [2.05, 4.69) is 24.9 Å². The summed E-state index contributed by atoms with van der Waals surface area (Å²) in [7, 11) is -2.54. The minimum atomic E-state index is -3.97. The van der Waals surface area contributed by atoms with Gasteiger partial charge < -0.3 is 4.74 Å². The summed E-state index contributed by atoms with van der Waals surface area (Å²) < 4.78 is 55.1. The number of aromatic nitrogens is 4. The fourth-order valence-corrected chi connectivity index (χ4v) is 2.76. The number of halogens is 2. The van der Waals surface area contributed by atoms with Gasteiger partial charge in [0.15, 0.2) is 0 Å². The van der Waals surface area contributed by atoms with Crippen LogP contribution in [0.25, 0.3) is 0 Å². The Balaban J connectivity index is 2.16. The van der Waals surface area contributed by atoms with Crippen LogP contribution in [-0.2, 0) is 17.1 Å². The normalized spacial score (nSPS) is 13.3. The molecule has 0 amide bonds. The van der Waals surface area contributed by atoms with Crippen molar-refractivity contribution < 1.29 is 21.9 Å². The molecule has 0 radical (unpaired) electrons. The quantitative estimate of drug-likeness (QED) is 0.841. The van der Waals surface area contributed by atoms with Gasteiger partial charge in [-0.25, -0.2) is 13.1 Å². The number of benzene rings is 1. The molecule has 0 aliphatic carbocycles. The molecule has 8 nitrogen and oxygen atoms in total. The van der Waals surface area contributed by atoms with Crippen molar-refractivity contribution in [3.8, 4) is 5.75 Å². The Hall–Kier alpha value is -2.14. The third kappa shape index (κ3) is 3.95. The predicted octanol–water partition coefficient (Wildman–Crippen LogP) is 0.851. The molecule has 2 aromatic rings. The molecule has 0 saturated heterocycles. The highest BCUT2D eigenvalue weighted by Crippen LogP contribution is 2.21. The zero-order valence-corrected chi connectivity index (χ0v) is 12.5. The van der Waals surface area contributed by atoms with Gasteiger partial charge in [-0.1, -0.05) is 17.2 Å². The van der Waals surface area contributed by atoms with Crippen molar-refractivity contribution in [2.75, 3.05) is 0 Å². The van der Waals surface area contributed by atoms with Gasteiger partial charge in [-0.3, -0.25) is 0 Å². The second-order valence-corrected chi connectivity index (χ2v) is 5.96. The number of sulfonamides is 1. The molecule has 1 heterocycles. The summed E-state index contributed by atoms with van der Waals surface area (Å²) in [6, 6.07) is 5.04. The Morgan fingerprint density at radius 2 is 2.09 bits per heavy atom. The number of aryl methyl sites for hydroxylation is 1. The number of nitrogens with one attached hydrogen (secondary N) is 1. The molecule has 0 aliphatic rings. The highest BCUT2D eigenvalue weighted by Gasteiger charge is 2.23. The predicted molar refractivity (Wildman–Crippen MR) is 70.6 cm³/mol. The van der Waals surface area contributed by atoms with Gasteiger partial charge in [-0.2, -0.15) is 13.6 Å². The SMILES string of the molecule is CC(NS(=O)(=O)c1nnn(C)n1)c1cccc(OC(F)F)c1. The van der Waals surface area contributed by atoms with Crippen LogP contribution in [0.2, 0.25) is 0 Å². The molecular weight excluding hydrogens is 320 g/mol. The van der Waals surface area contributed by atoms with Crippen molar-refractivity contribution in [2.45, 2.75) is 24.7 Å². The van der Waals surface area contributed by atoms with Crippen molar-refractivity contribution in [1.82, 2.24) is 24.9 Å². The van der Waals surface area contributed by atoms with Crippen LogP contribution in [0.3, 0.4) is 0 Å². The van der Waals surface area contributed by atoms with Crippen LogP contribution < -0.4 is 9.46 Å². The van der Waals surface area contributed by atoms with Crippen molar-refractivity contribution >= 4 is 10.0 Å². The topological polar surface area (TPSA) is 99.0 Å². The molecule has 0 aliphatic heterocycles. The van der Waals surface area contributed by atoms with Crippen LogP contribution in [0.1, 0.15) is 18.5 Å². The average Bonchev–Trinajstić information content (AvgIpc) is 2.85. The molecule has 0 saturated carbocycles. The standard InChI is InChI=1S/C11H13F2N5O3S/c1-7(8-4-3-5-9(6-8)21-10(12)13)16-22(19,20)11-14-17-18(2)15-11/h3-7,10,16H,1-2H3. The first kappa shape index (κ1) is 16.2. The summed E-state index contributed by atoms with van der Waals surface area (Å²) in [6.07, 6.45) is 0. The Labute approximate surface area is 125 Å². The zero-order chi connectivity index (χ0) is 16.3. The third-order valence-corrected chi connectivity index (χ3v) is 3.95. The Morgan fingerprint density at radius 1 is 1.36 bits per heavy atom. The maximum absolute atomic E-state index is 12.2. The van der Waals surface area contributed by atoms with Crippen molar-refractivity contribution in [1.29, 1.82) is 0 Å². The largest absolute Gasteiger partial charge is 0.435 e. The van der Waals surface area contributed by atoms with Gasteiger partial charge in [0, 0.05) is 6.04 Å². The second-order valence-electron chi connectivity index (χ2n) is 4.36. The molecule has 1 unspecified atom stereocenters. The van der Waals surface area contributed by atoms with E-state index in [1.807, 2.05) is 0 Å². The smallest absolute Gasteiger partial charge is 0.387 e. The van der Waals surface area contributed by atoms with Crippen LogP contribution >= 0.6 is 0 Å². The fourth-order valence-electron chi connectivity index (χ4n) is 1.69. The summed E-state index contributed by atoms with van der Waals surface area (Å²) in [5.41, 5.74) is 0.450. The molecule has 1 N–H and O–H groups in total. The van der Waals surface area contributed by atoms with E-state index >= 15 is 0 Å². The lowest BCUT2D eigenvalue weighted by molar-refractivity contribution is -0.0499. The number of hydrogen-bond donors (Lipinski definition) is 1. The van der Waals surface area contributed by atoms with E-state index in [-0.39, 0.29) is 5.75 Å². The number of rotatable bonds is 6. The van der Waals surface area contributed by atoms with E-state index in [0.717, 1.165) is 4.80 Å². The lowest BCUT2D eigenvalue weighted by Crippen LogP contribution is -2.28. The monoisotopic (exact) mass is 333 g/mol. The maximum Gasteiger partial charge on any atom is 0.387 e. The van der Waals surface area contributed by atoms with E-state index in [1.54, 1.807) is 13.0 Å². The molecule has 1 aromatic heterocycles. The summed E-state index contributed by atoms with van der Waals surface area (Å²) in [5, 5.41) is 10.00. The lowest BCUT2D eigenvalue weighted by Gasteiger charge is -2.14. The lowest BCUT2D eigenvalue weighted by atomic mass is 10.1. The van der Waals surface area contributed by atoms with Crippen LogP contribution in [0.4, 0.5) is 8.78 Å². The Kier molecular flexibility index (Phi) is 4.66. The Morgan fingerprint density at radius 3 is 2.68 bits per heavy atom. The van der Waals surface area contributed by atoms with Gasteiger partial charge in [-0.15, -0.1) is 5.10 Å². The summed E-state index contributed by atoms with van der Waals surface area (Å²) >= 11 is 0. The highest BCUT2D eigenvalue weighted by molar-refractivity contribution is 7.89. The fraction of sp³-hybridized carbons (Fsp3) is 0.364. The second kappa shape index (κ2) is 6.32. The first-order valence-electron chi connectivity index (χ1n) is 6.09. The molecule has 2 rings (SSSR count). The average molecular weight is 333 g/mol. The zero-order valence-electron chi connectivity index (χ0n) is 11.6. The molecule has 120 valence electrons. The van der Waals surface area contributed by atoms with E-state index in [0.29, 0.717) is 5.56 Å². The van der Waals surface area contributed by atoms with E-state index in [1.165, 1.54) is 25.2 Å². The van der Waals surface area contributed by atoms with Crippen molar-refractivity contribution in [2.24, 2.45) is 7.05 Å². The van der Waals surface area contributed by atoms with Crippen LogP contribution in [0, 0.1) is 0 Å². The number of tetrazole rings is 1. The molecule has 0 spiro atoms. The molecule has 0 bridgehead atoms. The molecule has 11 heteroatoms. The minimum Gasteiger partial charge on any atom is -0.435 e. The van der Waals surface area contributed by atoms with Gasteiger partial charge in [0.1, 0.15) is 5.75 Å². The molecule has 1 aromatic carbocycles. The molecular formula is C11H13F2N5O3S. The molecule has 1 atom stereocenters. The van der Waals surface area contributed by atoms with Gasteiger partial charge in [-0.05, 0) is 29.8 Å². The van der Waals surface area contributed by atoms with Gasteiger partial charge in [0.05, 0.1) is 7.05 Å². The van der Waals surface area contributed by atoms with E-state index < -0.39 is 27.8 Å². The van der Waals surface area contributed by atoms with Gasteiger partial charge in [0.2, 0.25) is 0 Å². The summed E-state index contributed by atoms with van der Waals surface area (Å²) in [4.78, 5) is 1.01. The highest BCUT2D eigenvalue weighted by atomic mass is 32.2. The number of hydrogen-bond acceptors (Lipinski definition) is 6. The molecule has 22 heavy (non-hydrogen) atoms. The maximum atomic E-state index is 12.2. The van der Waals surface area contributed by atoms with E-state index in [4.69, 9.17) is 0 Å². The first-order valence-corrected chi connectivity index (χ1v) is 7.57. The van der Waals surface area contributed by atoms with Crippen molar-refractivity contribution in [3.05, 3.63) is 29.8 Å². The first-order chi connectivity index (χ1) is 10.3. The van der Waals surface area contributed by atoms with Crippen LogP contribution in [0.15, 0.2) is 29.4 Å². The van der Waals surface area contributed by atoms with Gasteiger partial charge in [0.25, 0.3) is 10.0 Å². The number of ether oxygens (including phenoxy) is 1. The number of nitrogens with zero attached hydrogens (tertiary/aromatic N) is 4. The minimum absolute atomic E-state index is 0.0591. The van der Waals surface area contributed by atoms with Crippen LogP contribution in [-0.4, -0.2) is 35.2 Å². The number of alkyl halides is 2. The van der Waals surface area contributed by atoms with Crippen molar-refractivity contribution in [3.63, 3.8) is 0 Å². The van der Waals surface area contributed by atoms with E-state index in [9.17, 15) is 17.2 Å². The van der Waals surface area contributed by atoms with Crippen LogP contribution in [0.5, 0.6) is 5.75 Å². The summed E-state index contributed by atoms with van der Waals surface area (Å²) in [5.74, 6) is -0.0591. The molecule has 0 fully saturated rings.